The molecular formula is C15H21N3O3. The Labute approximate surface area is 123 Å². The molecule has 1 aliphatic rings. The van der Waals surface area contributed by atoms with E-state index in [0.29, 0.717) is 11.8 Å². The van der Waals surface area contributed by atoms with E-state index in [9.17, 15) is 14.9 Å². The van der Waals surface area contributed by atoms with Crippen LogP contribution in [0.15, 0.2) is 18.2 Å². The fourth-order valence-corrected chi connectivity index (χ4v) is 3.13. The molecular weight excluding hydrogens is 270 g/mol. The normalized spacial score (nSPS) is 24.8. The van der Waals surface area contributed by atoms with E-state index in [-0.39, 0.29) is 28.9 Å². The van der Waals surface area contributed by atoms with Crippen molar-refractivity contribution in [3.05, 3.63) is 33.9 Å². The summed E-state index contributed by atoms with van der Waals surface area (Å²) in [6.07, 6.45) is 3.15. The van der Waals surface area contributed by atoms with Crippen LogP contribution in [-0.4, -0.2) is 16.9 Å². The monoisotopic (exact) mass is 291 g/mol. The molecule has 0 radical (unpaired) electrons. The van der Waals surface area contributed by atoms with E-state index in [1.807, 2.05) is 0 Å². The summed E-state index contributed by atoms with van der Waals surface area (Å²) in [4.78, 5) is 22.6. The number of rotatable bonds is 4. The van der Waals surface area contributed by atoms with Crippen LogP contribution in [0, 0.1) is 22.0 Å². The molecule has 3 atom stereocenters. The highest BCUT2D eigenvalue weighted by atomic mass is 16.6. The van der Waals surface area contributed by atoms with Gasteiger partial charge in [0, 0.05) is 23.9 Å². The third-order valence-corrected chi connectivity index (χ3v) is 4.56. The highest BCUT2D eigenvalue weighted by Gasteiger charge is 2.33. The number of benzene rings is 1. The second-order valence-electron chi connectivity index (χ2n) is 5.71. The average molecular weight is 291 g/mol. The summed E-state index contributed by atoms with van der Waals surface area (Å²) < 4.78 is 0. The molecule has 21 heavy (non-hydrogen) atoms. The lowest BCUT2D eigenvalue weighted by Crippen LogP contribution is -2.37. The molecule has 1 aliphatic carbocycles. The van der Waals surface area contributed by atoms with E-state index < -0.39 is 4.92 Å². The van der Waals surface area contributed by atoms with Gasteiger partial charge >= 0.3 is 0 Å². The minimum atomic E-state index is -0.526. The van der Waals surface area contributed by atoms with Crippen molar-refractivity contribution in [2.75, 3.05) is 5.73 Å². The number of hydrogen-bond donors (Lipinski definition) is 2. The first-order valence-corrected chi connectivity index (χ1v) is 7.28. The predicted octanol–water partition coefficient (Wildman–Crippen LogP) is 2.73. The molecule has 1 fully saturated rings. The Hall–Kier alpha value is -2.11. The summed E-state index contributed by atoms with van der Waals surface area (Å²) in [5.74, 6) is 0.710. The Morgan fingerprint density at radius 1 is 1.48 bits per heavy atom. The second-order valence-corrected chi connectivity index (χ2v) is 5.71. The zero-order valence-electron chi connectivity index (χ0n) is 12.3. The van der Waals surface area contributed by atoms with Gasteiger partial charge in [-0.3, -0.25) is 14.9 Å². The number of non-ortho nitro benzene ring substituents is 1. The summed E-state index contributed by atoms with van der Waals surface area (Å²) in [6.45, 7) is 4.30. The number of nitro groups is 1. The molecule has 3 N–H and O–H groups in total. The maximum absolute atomic E-state index is 12.3. The van der Waals surface area contributed by atoms with Gasteiger partial charge < -0.3 is 11.1 Å². The Morgan fingerprint density at radius 2 is 2.19 bits per heavy atom. The van der Waals surface area contributed by atoms with E-state index in [4.69, 9.17) is 5.73 Å². The topological polar surface area (TPSA) is 98.3 Å². The number of nitrogen functional groups attached to an aromatic ring is 1. The molecule has 0 spiro atoms. The molecule has 0 aromatic heterocycles. The molecule has 3 unspecified atom stereocenters. The molecule has 1 saturated carbocycles. The molecule has 0 bridgehead atoms. The summed E-state index contributed by atoms with van der Waals surface area (Å²) >= 11 is 0. The number of anilines is 1. The Balaban J connectivity index is 2.14. The van der Waals surface area contributed by atoms with Crippen LogP contribution in [0.4, 0.5) is 11.4 Å². The lowest BCUT2D eigenvalue weighted by atomic mass is 9.93. The largest absolute Gasteiger partial charge is 0.398 e. The zero-order chi connectivity index (χ0) is 15.6. The fraction of sp³-hybridized carbons (Fsp3) is 0.533. The molecule has 0 saturated heterocycles. The summed E-state index contributed by atoms with van der Waals surface area (Å²) in [6, 6.07) is 4.06. The van der Waals surface area contributed by atoms with Crippen molar-refractivity contribution in [3.8, 4) is 0 Å². The molecule has 6 nitrogen and oxygen atoms in total. The summed E-state index contributed by atoms with van der Waals surface area (Å²) in [5.41, 5.74) is 6.08. The minimum absolute atomic E-state index is 0.112. The smallest absolute Gasteiger partial charge is 0.270 e. The van der Waals surface area contributed by atoms with Crippen molar-refractivity contribution in [1.82, 2.24) is 5.32 Å². The van der Waals surface area contributed by atoms with Crippen LogP contribution in [0.25, 0.3) is 0 Å². The first-order chi connectivity index (χ1) is 9.93. The van der Waals surface area contributed by atoms with Gasteiger partial charge in [0.1, 0.15) is 0 Å². The predicted molar refractivity (Wildman–Crippen MR) is 80.9 cm³/mol. The molecule has 0 heterocycles. The first kappa shape index (κ1) is 15.3. The molecule has 1 aromatic carbocycles. The number of carbonyl (C=O) groups is 1. The minimum Gasteiger partial charge on any atom is -0.398 e. The SMILES string of the molecule is CCC1CCC(NC(=O)c2cc([N+](=O)[O-])ccc2N)C1C. The van der Waals surface area contributed by atoms with Crippen LogP contribution in [0.1, 0.15) is 43.5 Å². The van der Waals surface area contributed by atoms with Gasteiger partial charge in [0.2, 0.25) is 0 Å². The van der Waals surface area contributed by atoms with Crippen molar-refractivity contribution >= 4 is 17.3 Å². The van der Waals surface area contributed by atoms with Crippen molar-refractivity contribution in [3.63, 3.8) is 0 Å². The van der Waals surface area contributed by atoms with Gasteiger partial charge in [0.25, 0.3) is 11.6 Å². The van der Waals surface area contributed by atoms with Gasteiger partial charge in [-0.2, -0.15) is 0 Å². The Morgan fingerprint density at radius 3 is 2.76 bits per heavy atom. The van der Waals surface area contributed by atoms with E-state index in [2.05, 4.69) is 19.2 Å². The third kappa shape index (κ3) is 3.15. The van der Waals surface area contributed by atoms with Crippen molar-refractivity contribution in [2.45, 2.75) is 39.2 Å². The number of nitrogens with zero attached hydrogens (tertiary/aromatic N) is 1. The average Bonchev–Trinajstić information content (AvgIpc) is 2.79. The molecule has 0 aliphatic heterocycles. The van der Waals surface area contributed by atoms with Gasteiger partial charge in [-0.25, -0.2) is 0 Å². The zero-order valence-corrected chi connectivity index (χ0v) is 12.3. The fourth-order valence-electron chi connectivity index (χ4n) is 3.13. The number of nitro benzene ring substituents is 1. The highest BCUT2D eigenvalue weighted by molar-refractivity contribution is 6.00. The van der Waals surface area contributed by atoms with Crippen LogP contribution in [-0.2, 0) is 0 Å². The van der Waals surface area contributed by atoms with Gasteiger partial charge in [-0.05, 0) is 30.7 Å². The molecule has 1 amide bonds. The lowest BCUT2D eigenvalue weighted by Gasteiger charge is -2.21. The van der Waals surface area contributed by atoms with Crippen LogP contribution >= 0.6 is 0 Å². The van der Waals surface area contributed by atoms with E-state index in [1.54, 1.807) is 0 Å². The van der Waals surface area contributed by atoms with Gasteiger partial charge in [0.15, 0.2) is 0 Å². The van der Waals surface area contributed by atoms with Crippen molar-refractivity contribution < 1.29 is 9.72 Å². The Kier molecular flexibility index (Phi) is 4.45. The summed E-state index contributed by atoms with van der Waals surface area (Å²) in [5, 5.41) is 13.8. The van der Waals surface area contributed by atoms with Crippen LogP contribution in [0.5, 0.6) is 0 Å². The second kappa shape index (κ2) is 6.11. The van der Waals surface area contributed by atoms with Gasteiger partial charge in [-0.1, -0.05) is 20.3 Å². The van der Waals surface area contributed by atoms with Crippen LogP contribution < -0.4 is 11.1 Å². The molecule has 6 heteroatoms. The van der Waals surface area contributed by atoms with E-state index in [1.165, 1.54) is 18.2 Å². The quantitative estimate of drug-likeness (QED) is 0.506. The Bertz CT molecular complexity index is 559. The highest BCUT2D eigenvalue weighted by Crippen LogP contribution is 2.34. The molecule has 2 rings (SSSR count). The maximum Gasteiger partial charge on any atom is 0.270 e. The van der Waals surface area contributed by atoms with Crippen molar-refractivity contribution in [1.29, 1.82) is 0 Å². The number of nitrogens with one attached hydrogen (secondary N) is 1. The van der Waals surface area contributed by atoms with Crippen molar-refractivity contribution in [2.24, 2.45) is 11.8 Å². The number of amides is 1. The lowest BCUT2D eigenvalue weighted by molar-refractivity contribution is -0.384. The number of hydrogen-bond acceptors (Lipinski definition) is 4. The van der Waals surface area contributed by atoms with Crippen LogP contribution in [0.3, 0.4) is 0 Å². The first-order valence-electron chi connectivity index (χ1n) is 7.28. The van der Waals surface area contributed by atoms with E-state index >= 15 is 0 Å². The maximum atomic E-state index is 12.3. The standard InChI is InChI=1S/C15H21N3O3/c1-3-10-4-7-14(9(10)2)17-15(19)12-8-11(18(20)21)5-6-13(12)16/h5-6,8-10,14H,3-4,7,16H2,1-2H3,(H,17,19). The molecule has 114 valence electrons. The number of carbonyl (C=O) groups excluding carboxylic acids is 1. The third-order valence-electron chi connectivity index (χ3n) is 4.56. The van der Waals surface area contributed by atoms with E-state index in [0.717, 1.165) is 19.3 Å². The summed E-state index contributed by atoms with van der Waals surface area (Å²) in [7, 11) is 0. The van der Waals surface area contributed by atoms with Gasteiger partial charge in [-0.15, -0.1) is 0 Å². The van der Waals surface area contributed by atoms with Crippen LogP contribution in [0.2, 0.25) is 0 Å². The number of nitrogens with two attached hydrogens (primary N) is 1. The van der Waals surface area contributed by atoms with Gasteiger partial charge in [0.05, 0.1) is 10.5 Å². The molecule has 1 aromatic rings.